The van der Waals surface area contributed by atoms with Crippen LogP contribution in [0, 0.1) is 0 Å². The molecule has 0 bridgehead atoms. The minimum Gasteiger partial charge on any atom is -0.475 e. The van der Waals surface area contributed by atoms with Gasteiger partial charge in [0.15, 0.2) is 12.3 Å². The molecule has 5 atom stereocenters. The van der Waals surface area contributed by atoms with E-state index in [4.69, 9.17) is 36.2 Å². The summed E-state index contributed by atoms with van der Waals surface area (Å²) in [7, 11) is -0.309. The number of aliphatic imine (C=N–C) groups is 1. The number of halogens is 1. The predicted molar refractivity (Wildman–Crippen MR) is 114 cm³/mol. The van der Waals surface area contributed by atoms with Crippen molar-refractivity contribution in [3.05, 3.63) is 46.0 Å². The minimum atomic E-state index is -3.11. The molecule has 1 amide bonds. The molecule has 0 spiro atoms. The molecule has 1 saturated heterocycles. The highest BCUT2D eigenvalue weighted by Crippen LogP contribution is 2.35. The summed E-state index contributed by atoms with van der Waals surface area (Å²) in [5, 5.41) is 12.9. The smallest absolute Gasteiger partial charge is 0.475 e. The van der Waals surface area contributed by atoms with Crippen LogP contribution in [0.2, 0.25) is 0 Å². The minimum absolute atomic E-state index is 0.0276. The number of aliphatic hydroxyl groups excluding tert-OH is 1. The van der Waals surface area contributed by atoms with Crippen LogP contribution in [0.15, 0.2) is 45.3 Å². The van der Waals surface area contributed by atoms with Gasteiger partial charge in [-0.05, 0) is 6.07 Å². The van der Waals surface area contributed by atoms with Crippen molar-refractivity contribution in [2.24, 2.45) is 4.99 Å². The van der Waals surface area contributed by atoms with Gasteiger partial charge in [-0.2, -0.15) is 4.98 Å². The first kappa shape index (κ1) is 25.6. The summed E-state index contributed by atoms with van der Waals surface area (Å²) in [6, 6.07) is 1.32. The third-order valence-corrected chi connectivity index (χ3v) is 5.06. The van der Waals surface area contributed by atoms with E-state index in [1.54, 1.807) is 0 Å². The van der Waals surface area contributed by atoms with Crippen LogP contribution in [-0.4, -0.2) is 70.4 Å². The van der Waals surface area contributed by atoms with Crippen LogP contribution in [0.4, 0.5) is 5.82 Å². The average molecular weight is 491 g/mol. The van der Waals surface area contributed by atoms with E-state index in [1.807, 2.05) is 0 Å². The maximum absolute atomic E-state index is 12.1. The van der Waals surface area contributed by atoms with Gasteiger partial charge in [-0.1, -0.05) is 18.2 Å². The SMILES string of the molecule is C=C(C(=O)NC)/C(Cl)=C\C(=NC)OC[C@H]1O[C@@H](n2ccc(N)nc2=O)[C@H](O)[C@@H]1O[P+](=O)O. The molecule has 0 radical (unpaired) electrons. The molecule has 1 aliphatic rings. The van der Waals surface area contributed by atoms with Crippen molar-refractivity contribution in [1.29, 1.82) is 0 Å². The molecule has 15 heteroatoms. The zero-order valence-electron chi connectivity index (χ0n) is 17.0. The first-order chi connectivity index (χ1) is 15.1. The lowest BCUT2D eigenvalue weighted by Crippen LogP contribution is -2.37. The van der Waals surface area contributed by atoms with Crippen LogP contribution < -0.4 is 16.7 Å². The Morgan fingerprint density at radius 2 is 2.28 bits per heavy atom. The molecule has 174 valence electrons. The number of likely N-dealkylation sites (N-methyl/N-ethyl adjacent to an activating group) is 1. The molecule has 5 N–H and O–H groups in total. The van der Waals surface area contributed by atoms with E-state index in [-0.39, 0.29) is 28.9 Å². The lowest BCUT2D eigenvalue weighted by Gasteiger charge is -2.17. The van der Waals surface area contributed by atoms with Crippen LogP contribution in [-0.2, 0) is 23.4 Å². The Morgan fingerprint density at radius 1 is 1.59 bits per heavy atom. The quantitative estimate of drug-likeness (QED) is 0.122. The summed E-state index contributed by atoms with van der Waals surface area (Å²) < 4.78 is 28.2. The number of nitrogens with one attached hydrogen (secondary N) is 1. The average Bonchev–Trinajstić information content (AvgIpc) is 3.04. The van der Waals surface area contributed by atoms with E-state index >= 15 is 0 Å². The number of ether oxygens (including phenoxy) is 2. The standard InChI is InChI=1S/C17H21ClN5O8P/c1-8(15(25)21-3)9(18)6-12(20-2)29-7-10-14(31-32(27)28)13(24)16(30-10)23-5-4-11(19)22-17(23)26/h4-6,10,13-14,16,24H,1,7H2,2-3H3,(H3-,19,21,22,25,26,27,28)/p+1/b9-6+,20-12?/t10-,13-,14-,16-/m1/s1. The molecular weight excluding hydrogens is 469 g/mol. The second-order valence-corrected chi connectivity index (χ2v) is 7.42. The Labute approximate surface area is 188 Å². The number of aromatic nitrogens is 2. The van der Waals surface area contributed by atoms with E-state index in [1.165, 1.54) is 32.4 Å². The first-order valence-corrected chi connectivity index (χ1v) is 10.5. The molecule has 0 saturated carbocycles. The number of hydrogen-bond donors (Lipinski definition) is 4. The maximum Gasteiger partial charge on any atom is 0.695 e. The van der Waals surface area contributed by atoms with Crippen molar-refractivity contribution in [2.75, 3.05) is 26.4 Å². The zero-order valence-corrected chi connectivity index (χ0v) is 18.7. The third-order valence-electron chi connectivity index (χ3n) is 4.30. The van der Waals surface area contributed by atoms with Gasteiger partial charge in [-0.15, -0.1) is 9.42 Å². The third kappa shape index (κ3) is 6.19. The zero-order chi connectivity index (χ0) is 24.0. The Balaban J connectivity index is 2.20. The van der Waals surface area contributed by atoms with Crippen LogP contribution in [0.1, 0.15) is 6.23 Å². The van der Waals surface area contributed by atoms with Crippen LogP contribution in [0.3, 0.4) is 0 Å². The number of amides is 1. The molecule has 1 fully saturated rings. The van der Waals surface area contributed by atoms with Gasteiger partial charge in [0.05, 0.1) is 10.6 Å². The highest BCUT2D eigenvalue weighted by molar-refractivity contribution is 7.32. The van der Waals surface area contributed by atoms with E-state index < -0.39 is 44.4 Å². The van der Waals surface area contributed by atoms with E-state index in [0.717, 1.165) is 4.57 Å². The van der Waals surface area contributed by atoms with Crippen molar-refractivity contribution in [2.45, 2.75) is 24.5 Å². The number of carbonyl (C=O) groups excluding carboxylic acids is 1. The fourth-order valence-electron chi connectivity index (χ4n) is 2.73. The van der Waals surface area contributed by atoms with Gasteiger partial charge in [0, 0.05) is 30.9 Å². The molecule has 1 aliphatic heterocycles. The monoisotopic (exact) mass is 490 g/mol. The van der Waals surface area contributed by atoms with Gasteiger partial charge in [0.2, 0.25) is 5.90 Å². The van der Waals surface area contributed by atoms with Gasteiger partial charge in [-0.25, -0.2) is 4.79 Å². The van der Waals surface area contributed by atoms with Gasteiger partial charge < -0.3 is 25.6 Å². The van der Waals surface area contributed by atoms with Crippen molar-refractivity contribution >= 4 is 37.5 Å². The molecule has 1 unspecified atom stereocenters. The number of anilines is 1. The Morgan fingerprint density at radius 3 is 2.84 bits per heavy atom. The summed E-state index contributed by atoms with van der Waals surface area (Å²) in [6.45, 7) is 3.23. The number of nitrogen functional groups attached to an aromatic ring is 1. The summed E-state index contributed by atoms with van der Waals surface area (Å²) in [5.74, 6) is -0.565. The summed E-state index contributed by atoms with van der Waals surface area (Å²) in [4.78, 5) is 40.3. The van der Waals surface area contributed by atoms with Gasteiger partial charge in [-0.3, -0.25) is 14.4 Å². The Kier molecular flexibility index (Phi) is 9.01. The van der Waals surface area contributed by atoms with Crippen LogP contribution >= 0.6 is 19.9 Å². The first-order valence-electron chi connectivity index (χ1n) is 8.98. The molecule has 13 nitrogen and oxygen atoms in total. The number of hydrogen-bond acceptors (Lipinski definition) is 10. The number of rotatable bonds is 8. The fourth-order valence-corrected chi connectivity index (χ4v) is 3.38. The predicted octanol–water partition coefficient (Wildman–Crippen LogP) is -0.411. The van der Waals surface area contributed by atoms with Gasteiger partial charge >= 0.3 is 13.9 Å². The fraction of sp³-hybridized carbons (Fsp3) is 0.412. The molecule has 2 rings (SSSR count). The summed E-state index contributed by atoms with van der Waals surface area (Å²) in [5.41, 5.74) is 4.63. The Bertz CT molecular complexity index is 1010. The molecule has 0 aliphatic carbocycles. The maximum atomic E-state index is 12.1. The largest absolute Gasteiger partial charge is 0.695 e. The number of aliphatic hydroxyl groups is 1. The molecule has 1 aromatic heterocycles. The summed E-state index contributed by atoms with van der Waals surface area (Å²) >= 11 is 6.04. The summed E-state index contributed by atoms with van der Waals surface area (Å²) in [6.07, 6.45) is -2.76. The topological polar surface area (TPSA) is 188 Å². The molecule has 0 aromatic carbocycles. The van der Waals surface area contributed by atoms with Crippen molar-refractivity contribution < 1.29 is 33.4 Å². The van der Waals surface area contributed by atoms with Crippen LogP contribution in [0.5, 0.6) is 0 Å². The van der Waals surface area contributed by atoms with Crippen molar-refractivity contribution in [3.8, 4) is 0 Å². The van der Waals surface area contributed by atoms with Gasteiger partial charge in [0.25, 0.3) is 5.91 Å². The lowest BCUT2D eigenvalue weighted by atomic mass is 10.1. The van der Waals surface area contributed by atoms with Crippen molar-refractivity contribution in [3.63, 3.8) is 0 Å². The number of nitrogens with zero attached hydrogens (tertiary/aromatic N) is 3. The highest BCUT2D eigenvalue weighted by atomic mass is 35.5. The van der Waals surface area contributed by atoms with E-state index in [9.17, 15) is 19.3 Å². The van der Waals surface area contributed by atoms with E-state index in [0.29, 0.717) is 0 Å². The Hall–Kier alpha value is -2.67. The lowest BCUT2D eigenvalue weighted by molar-refractivity contribution is -0.116. The van der Waals surface area contributed by atoms with Crippen molar-refractivity contribution in [1.82, 2.24) is 14.9 Å². The molecule has 2 heterocycles. The molecular formula is C17H22ClN5O8P+. The number of nitrogens with two attached hydrogens (primary N) is 1. The van der Waals surface area contributed by atoms with Gasteiger partial charge in [0.1, 0.15) is 24.6 Å². The molecule has 32 heavy (non-hydrogen) atoms. The second-order valence-electron chi connectivity index (χ2n) is 6.33. The van der Waals surface area contributed by atoms with Crippen LogP contribution in [0.25, 0.3) is 0 Å². The second kappa shape index (κ2) is 11.3. The highest BCUT2D eigenvalue weighted by Gasteiger charge is 2.50. The van der Waals surface area contributed by atoms with E-state index in [2.05, 4.69) is 21.9 Å². The normalized spacial score (nSPS) is 24.2. The number of carbonyl (C=O) groups is 1. The molecule has 1 aromatic rings.